The summed E-state index contributed by atoms with van der Waals surface area (Å²) in [5, 5.41) is 11.0. The number of hydrogen-bond donors (Lipinski definition) is 1. The smallest absolute Gasteiger partial charge is 0.228 e. The van der Waals surface area contributed by atoms with E-state index < -0.39 is 15.1 Å². The van der Waals surface area contributed by atoms with E-state index in [9.17, 15) is 13.2 Å². The highest BCUT2D eigenvalue weighted by Crippen LogP contribution is 2.17. The largest absolute Gasteiger partial charge is 0.326 e. The number of hydrogen-bond acceptors (Lipinski definition) is 4. The van der Waals surface area contributed by atoms with Crippen LogP contribution >= 0.6 is 0 Å². The molecule has 0 aromatic heterocycles. The molecular weight excluding hydrogens is 324 g/mol. The van der Waals surface area contributed by atoms with Gasteiger partial charge in [0.15, 0.2) is 9.84 Å². The summed E-state index contributed by atoms with van der Waals surface area (Å²) in [6, 6.07) is 14.9. The van der Waals surface area contributed by atoms with Crippen molar-refractivity contribution in [3.05, 3.63) is 59.7 Å². The molecule has 0 heterocycles. The lowest BCUT2D eigenvalue weighted by Crippen LogP contribution is -2.15. The Morgan fingerprint density at radius 2 is 1.67 bits per heavy atom. The van der Waals surface area contributed by atoms with E-state index in [4.69, 9.17) is 5.26 Å². The molecule has 0 radical (unpaired) electrons. The van der Waals surface area contributed by atoms with Crippen LogP contribution in [0.1, 0.15) is 25.0 Å². The van der Waals surface area contributed by atoms with E-state index in [-0.39, 0.29) is 17.2 Å². The number of nitrogens with one attached hydrogen (secondary N) is 1. The zero-order valence-corrected chi connectivity index (χ0v) is 14.3. The fourth-order valence-corrected chi connectivity index (χ4v) is 3.15. The van der Waals surface area contributed by atoms with Gasteiger partial charge < -0.3 is 5.32 Å². The van der Waals surface area contributed by atoms with E-state index in [0.717, 1.165) is 5.56 Å². The molecule has 0 bridgehead atoms. The van der Waals surface area contributed by atoms with E-state index in [1.807, 2.05) is 6.07 Å². The number of anilines is 1. The zero-order valence-electron chi connectivity index (χ0n) is 13.5. The molecule has 0 saturated heterocycles. The molecule has 24 heavy (non-hydrogen) atoms. The highest BCUT2D eigenvalue weighted by atomic mass is 32.2. The second-order valence-corrected chi connectivity index (χ2v) is 8.16. The third-order valence-electron chi connectivity index (χ3n) is 3.53. The number of carbonyl (C=O) groups is 1. The van der Waals surface area contributed by atoms with Gasteiger partial charge in [-0.25, -0.2) is 8.42 Å². The first kappa shape index (κ1) is 17.7. The van der Waals surface area contributed by atoms with Gasteiger partial charge in [0.1, 0.15) is 0 Å². The monoisotopic (exact) mass is 342 g/mol. The Morgan fingerprint density at radius 1 is 1.08 bits per heavy atom. The highest BCUT2D eigenvalue weighted by Gasteiger charge is 2.18. The molecule has 0 aliphatic carbocycles. The maximum absolute atomic E-state index is 12.1. The molecule has 0 fully saturated rings. The molecule has 6 heteroatoms. The first-order chi connectivity index (χ1) is 11.3. The van der Waals surface area contributed by atoms with Crippen LogP contribution in [0.25, 0.3) is 0 Å². The normalized spacial score (nSPS) is 11.1. The van der Waals surface area contributed by atoms with Crippen LogP contribution in [0.15, 0.2) is 53.4 Å². The van der Waals surface area contributed by atoms with Gasteiger partial charge in [-0.15, -0.1) is 0 Å². The molecule has 0 saturated carbocycles. The van der Waals surface area contributed by atoms with Crippen molar-refractivity contribution >= 4 is 21.4 Å². The van der Waals surface area contributed by atoms with Crippen LogP contribution in [-0.2, 0) is 21.1 Å². The van der Waals surface area contributed by atoms with Crippen molar-refractivity contribution < 1.29 is 13.2 Å². The molecule has 2 aromatic rings. The number of carbonyl (C=O) groups excluding carboxylic acids is 1. The van der Waals surface area contributed by atoms with E-state index in [1.54, 1.807) is 50.2 Å². The summed E-state index contributed by atoms with van der Waals surface area (Å²) in [4.78, 5) is 12.3. The quantitative estimate of drug-likeness (QED) is 0.905. The molecule has 124 valence electrons. The van der Waals surface area contributed by atoms with Crippen molar-refractivity contribution in [2.45, 2.75) is 30.4 Å². The van der Waals surface area contributed by atoms with Gasteiger partial charge in [-0.2, -0.15) is 5.26 Å². The highest BCUT2D eigenvalue weighted by molar-refractivity contribution is 7.92. The van der Waals surface area contributed by atoms with Crippen LogP contribution in [0.5, 0.6) is 0 Å². The number of rotatable bonds is 5. The Kier molecular flexibility index (Phi) is 5.37. The van der Waals surface area contributed by atoms with Gasteiger partial charge in [0, 0.05) is 5.69 Å². The van der Waals surface area contributed by atoms with Gasteiger partial charge in [-0.1, -0.05) is 12.1 Å². The molecular formula is C18H18N2O3S. The fraction of sp³-hybridized carbons (Fsp3) is 0.222. The first-order valence-electron chi connectivity index (χ1n) is 7.46. The van der Waals surface area contributed by atoms with Gasteiger partial charge in [0.25, 0.3) is 0 Å². The minimum atomic E-state index is -3.30. The fourth-order valence-electron chi connectivity index (χ4n) is 2.09. The number of nitriles is 1. The van der Waals surface area contributed by atoms with E-state index in [2.05, 4.69) is 5.32 Å². The van der Waals surface area contributed by atoms with E-state index in [0.29, 0.717) is 11.3 Å². The molecule has 0 spiro atoms. The van der Waals surface area contributed by atoms with Crippen molar-refractivity contribution in [3.63, 3.8) is 0 Å². The van der Waals surface area contributed by atoms with Gasteiger partial charge in [-0.3, -0.25) is 4.79 Å². The Morgan fingerprint density at radius 3 is 2.17 bits per heavy atom. The molecule has 0 unspecified atom stereocenters. The zero-order chi connectivity index (χ0) is 17.7. The Labute approximate surface area is 141 Å². The molecule has 2 rings (SSSR count). The van der Waals surface area contributed by atoms with Crippen molar-refractivity contribution in [2.75, 3.05) is 5.32 Å². The summed E-state index contributed by atoms with van der Waals surface area (Å²) in [6.07, 6.45) is 0.141. The molecule has 0 aliphatic heterocycles. The lowest BCUT2D eigenvalue weighted by molar-refractivity contribution is -0.115. The predicted molar refractivity (Wildman–Crippen MR) is 92.3 cm³/mol. The summed E-state index contributed by atoms with van der Waals surface area (Å²) in [7, 11) is -3.30. The Bertz CT molecular complexity index is 862. The maximum Gasteiger partial charge on any atom is 0.228 e. The van der Waals surface area contributed by atoms with Crippen molar-refractivity contribution in [1.29, 1.82) is 5.26 Å². The topological polar surface area (TPSA) is 87.0 Å². The number of nitrogens with zero attached hydrogens (tertiary/aromatic N) is 1. The van der Waals surface area contributed by atoms with Gasteiger partial charge in [-0.05, 0) is 55.8 Å². The molecule has 0 aliphatic rings. The average Bonchev–Trinajstić information content (AvgIpc) is 2.56. The van der Waals surface area contributed by atoms with Crippen LogP contribution in [0.4, 0.5) is 5.69 Å². The number of amides is 1. The van der Waals surface area contributed by atoms with Crippen LogP contribution in [0, 0.1) is 11.3 Å². The van der Waals surface area contributed by atoms with Gasteiger partial charge >= 0.3 is 0 Å². The third kappa shape index (κ3) is 4.21. The summed E-state index contributed by atoms with van der Waals surface area (Å²) in [5.41, 5.74) is 1.86. The lowest BCUT2D eigenvalue weighted by atomic mass is 10.1. The summed E-state index contributed by atoms with van der Waals surface area (Å²) in [6.45, 7) is 3.27. The van der Waals surface area contributed by atoms with Crippen LogP contribution in [0.3, 0.4) is 0 Å². The number of sulfone groups is 1. The summed E-state index contributed by atoms with van der Waals surface area (Å²) >= 11 is 0. The first-order valence-corrected chi connectivity index (χ1v) is 9.00. The molecule has 1 N–H and O–H groups in total. The Hall–Kier alpha value is -2.65. The van der Waals surface area contributed by atoms with Crippen molar-refractivity contribution in [1.82, 2.24) is 0 Å². The van der Waals surface area contributed by atoms with E-state index >= 15 is 0 Å². The van der Waals surface area contributed by atoms with Crippen LogP contribution < -0.4 is 5.32 Å². The third-order valence-corrected chi connectivity index (χ3v) is 5.71. The predicted octanol–water partition coefficient (Wildman–Crippen LogP) is 2.92. The number of benzene rings is 2. The van der Waals surface area contributed by atoms with Crippen molar-refractivity contribution in [2.24, 2.45) is 0 Å². The second kappa shape index (κ2) is 7.28. The summed E-state index contributed by atoms with van der Waals surface area (Å²) in [5.74, 6) is -0.209. The SMILES string of the molecule is CC(C)S(=O)(=O)c1ccc(CC(=O)Nc2ccc(C#N)cc2)cc1. The minimum Gasteiger partial charge on any atom is -0.326 e. The molecule has 5 nitrogen and oxygen atoms in total. The van der Waals surface area contributed by atoms with Crippen LogP contribution in [0.2, 0.25) is 0 Å². The second-order valence-electron chi connectivity index (χ2n) is 5.65. The summed E-state index contributed by atoms with van der Waals surface area (Å²) < 4.78 is 24.1. The van der Waals surface area contributed by atoms with Crippen LogP contribution in [-0.4, -0.2) is 19.6 Å². The van der Waals surface area contributed by atoms with E-state index in [1.165, 1.54) is 12.1 Å². The molecule has 1 amide bonds. The van der Waals surface area contributed by atoms with Gasteiger partial charge in [0.2, 0.25) is 5.91 Å². The molecule has 2 aromatic carbocycles. The lowest BCUT2D eigenvalue weighted by Gasteiger charge is -2.09. The Balaban J connectivity index is 2.03. The minimum absolute atomic E-state index is 0.141. The maximum atomic E-state index is 12.1. The van der Waals surface area contributed by atoms with Gasteiger partial charge in [0.05, 0.1) is 28.2 Å². The van der Waals surface area contributed by atoms with Crippen molar-refractivity contribution in [3.8, 4) is 6.07 Å². The molecule has 0 atom stereocenters. The average molecular weight is 342 g/mol. The standard InChI is InChI=1S/C18H18N2O3S/c1-13(2)24(22,23)17-9-5-14(6-10-17)11-18(21)20-16-7-3-15(12-19)4-8-16/h3-10,13H,11H2,1-2H3,(H,20,21).